The molecule has 2 rings (SSSR count). The summed E-state index contributed by atoms with van der Waals surface area (Å²) in [5.74, 6) is 0.0654. The molecule has 0 radical (unpaired) electrons. The van der Waals surface area contributed by atoms with Crippen molar-refractivity contribution in [1.29, 1.82) is 0 Å². The Morgan fingerprint density at radius 3 is 3.07 bits per heavy atom. The summed E-state index contributed by atoms with van der Waals surface area (Å²) in [6.07, 6.45) is 0.610. The maximum atomic E-state index is 13.4. The predicted molar refractivity (Wildman–Crippen MR) is 49.4 cm³/mol. The number of rotatable bonds is 1. The Hall–Kier alpha value is -1.13. The third-order valence-corrected chi connectivity index (χ3v) is 2.44. The Morgan fingerprint density at radius 2 is 2.36 bits per heavy atom. The van der Waals surface area contributed by atoms with E-state index in [0.29, 0.717) is 29.9 Å². The van der Waals surface area contributed by atoms with Crippen LogP contribution in [-0.2, 0) is 6.61 Å². The number of fused-ring (bicyclic) bond motifs is 1. The standard InChI is InChI=1S/C10H12FNO2/c11-7-2-1-6(5-13)10-9(7)8(12)3-4-14-10/h1-2,8,13H,3-5,12H2/t8-/m0/s1. The lowest BCUT2D eigenvalue weighted by Gasteiger charge is -2.25. The molecule has 0 aliphatic carbocycles. The van der Waals surface area contributed by atoms with E-state index in [4.69, 9.17) is 15.6 Å². The first-order chi connectivity index (χ1) is 6.74. The highest BCUT2D eigenvalue weighted by Crippen LogP contribution is 2.35. The Morgan fingerprint density at radius 1 is 1.57 bits per heavy atom. The van der Waals surface area contributed by atoms with Crippen molar-refractivity contribution in [1.82, 2.24) is 0 Å². The van der Waals surface area contributed by atoms with E-state index in [1.165, 1.54) is 12.1 Å². The van der Waals surface area contributed by atoms with Crippen LogP contribution in [0.2, 0.25) is 0 Å². The normalized spacial score (nSPS) is 20.1. The van der Waals surface area contributed by atoms with Gasteiger partial charge in [0.1, 0.15) is 11.6 Å². The van der Waals surface area contributed by atoms with Crippen LogP contribution in [0.5, 0.6) is 5.75 Å². The summed E-state index contributed by atoms with van der Waals surface area (Å²) >= 11 is 0. The van der Waals surface area contributed by atoms with Crippen molar-refractivity contribution in [2.24, 2.45) is 5.73 Å². The van der Waals surface area contributed by atoms with Gasteiger partial charge in [0.05, 0.1) is 13.2 Å². The van der Waals surface area contributed by atoms with Crippen LogP contribution >= 0.6 is 0 Å². The summed E-state index contributed by atoms with van der Waals surface area (Å²) in [5, 5.41) is 9.03. The lowest BCUT2D eigenvalue weighted by atomic mass is 9.98. The monoisotopic (exact) mass is 197 g/mol. The molecule has 76 valence electrons. The predicted octanol–water partition coefficient (Wildman–Crippen LogP) is 1.10. The summed E-state index contributed by atoms with van der Waals surface area (Å²) in [5.41, 5.74) is 6.75. The molecule has 0 amide bonds. The number of halogens is 1. The maximum absolute atomic E-state index is 13.4. The van der Waals surface area contributed by atoms with Crippen molar-refractivity contribution in [3.05, 3.63) is 29.1 Å². The lowest BCUT2D eigenvalue weighted by molar-refractivity contribution is 0.239. The molecule has 0 unspecified atom stereocenters. The number of hydrogen-bond donors (Lipinski definition) is 2. The minimum Gasteiger partial charge on any atom is -0.493 e. The molecule has 4 heteroatoms. The molecule has 1 aliphatic heterocycles. The van der Waals surface area contributed by atoms with E-state index in [-0.39, 0.29) is 18.5 Å². The zero-order chi connectivity index (χ0) is 10.1. The van der Waals surface area contributed by atoms with Crippen molar-refractivity contribution < 1.29 is 14.2 Å². The van der Waals surface area contributed by atoms with Gasteiger partial charge in [-0.1, -0.05) is 6.07 Å². The second-order valence-electron chi connectivity index (χ2n) is 3.35. The molecular formula is C10H12FNO2. The SMILES string of the molecule is N[C@H]1CCOc2c(CO)ccc(F)c21. The van der Waals surface area contributed by atoms with Crippen molar-refractivity contribution >= 4 is 0 Å². The largest absolute Gasteiger partial charge is 0.493 e. The van der Waals surface area contributed by atoms with Crippen LogP contribution in [0.1, 0.15) is 23.6 Å². The zero-order valence-corrected chi connectivity index (χ0v) is 7.66. The first-order valence-corrected chi connectivity index (χ1v) is 4.54. The van der Waals surface area contributed by atoms with E-state index in [0.717, 1.165) is 0 Å². The molecule has 0 spiro atoms. The van der Waals surface area contributed by atoms with Gasteiger partial charge < -0.3 is 15.6 Å². The number of ether oxygens (including phenoxy) is 1. The molecular weight excluding hydrogens is 185 g/mol. The minimum atomic E-state index is -0.357. The number of nitrogens with two attached hydrogens (primary N) is 1. The van der Waals surface area contributed by atoms with Crippen molar-refractivity contribution in [3.63, 3.8) is 0 Å². The van der Waals surface area contributed by atoms with Gasteiger partial charge in [0.15, 0.2) is 0 Å². The van der Waals surface area contributed by atoms with Gasteiger partial charge in [-0.25, -0.2) is 4.39 Å². The van der Waals surface area contributed by atoms with E-state index in [2.05, 4.69) is 0 Å². The van der Waals surface area contributed by atoms with Gasteiger partial charge >= 0.3 is 0 Å². The van der Waals surface area contributed by atoms with Gasteiger partial charge in [0.2, 0.25) is 0 Å². The molecule has 1 aliphatic rings. The number of aliphatic hydroxyl groups excluding tert-OH is 1. The third-order valence-electron chi connectivity index (χ3n) is 2.44. The quantitative estimate of drug-likeness (QED) is 0.708. The second kappa shape index (κ2) is 3.55. The molecule has 3 N–H and O–H groups in total. The second-order valence-corrected chi connectivity index (χ2v) is 3.35. The van der Waals surface area contributed by atoms with E-state index in [1.54, 1.807) is 0 Å². The molecule has 0 saturated heterocycles. The highest BCUT2D eigenvalue weighted by atomic mass is 19.1. The van der Waals surface area contributed by atoms with Crippen molar-refractivity contribution in [2.75, 3.05) is 6.61 Å². The van der Waals surface area contributed by atoms with Gasteiger partial charge in [-0.15, -0.1) is 0 Å². The Kier molecular flexibility index (Phi) is 2.39. The van der Waals surface area contributed by atoms with Crippen LogP contribution in [0.4, 0.5) is 4.39 Å². The van der Waals surface area contributed by atoms with Crippen molar-refractivity contribution in [3.8, 4) is 5.75 Å². The van der Waals surface area contributed by atoms with Gasteiger partial charge in [-0.3, -0.25) is 0 Å². The molecule has 0 aromatic heterocycles. The minimum absolute atomic E-state index is 0.157. The van der Waals surface area contributed by atoms with Crippen LogP contribution in [0.3, 0.4) is 0 Å². The molecule has 0 saturated carbocycles. The van der Waals surface area contributed by atoms with E-state index < -0.39 is 0 Å². The molecule has 1 heterocycles. The number of aliphatic hydroxyl groups is 1. The van der Waals surface area contributed by atoms with Gasteiger partial charge in [-0.05, 0) is 6.07 Å². The van der Waals surface area contributed by atoms with E-state index in [9.17, 15) is 4.39 Å². The lowest BCUT2D eigenvalue weighted by Crippen LogP contribution is -2.23. The van der Waals surface area contributed by atoms with Gasteiger partial charge in [0.25, 0.3) is 0 Å². The summed E-state index contributed by atoms with van der Waals surface area (Å²) in [6, 6.07) is 2.51. The van der Waals surface area contributed by atoms with Crippen LogP contribution in [0.25, 0.3) is 0 Å². The van der Waals surface area contributed by atoms with Crippen LogP contribution in [0.15, 0.2) is 12.1 Å². The summed E-state index contributed by atoms with van der Waals surface area (Å²) in [4.78, 5) is 0. The number of benzene rings is 1. The number of hydrogen-bond acceptors (Lipinski definition) is 3. The average Bonchev–Trinajstić information content (AvgIpc) is 2.18. The van der Waals surface area contributed by atoms with Crippen LogP contribution in [-0.4, -0.2) is 11.7 Å². The molecule has 14 heavy (non-hydrogen) atoms. The molecule has 0 bridgehead atoms. The maximum Gasteiger partial charge on any atom is 0.132 e. The molecule has 1 aromatic rings. The summed E-state index contributed by atoms with van der Waals surface area (Å²) < 4.78 is 18.7. The highest BCUT2D eigenvalue weighted by molar-refractivity contribution is 5.45. The highest BCUT2D eigenvalue weighted by Gasteiger charge is 2.24. The fourth-order valence-electron chi connectivity index (χ4n) is 1.69. The average molecular weight is 197 g/mol. The Labute approximate surface area is 81.3 Å². The third kappa shape index (κ3) is 1.36. The summed E-state index contributed by atoms with van der Waals surface area (Å²) in [6.45, 7) is 0.319. The fraction of sp³-hybridized carbons (Fsp3) is 0.400. The smallest absolute Gasteiger partial charge is 0.132 e. The first kappa shape index (κ1) is 9.43. The molecule has 1 aromatic carbocycles. The molecule has 0 fully saturated rings. The van der Waals surface area contributed by atoms with Gasteiger partial charge in [-0.2, -0.15) is 0 Å². The fourth-order valence-corrected chi connectivity index (χ4v) is 1.69. The van der Waals surface area contributed by atoms with Crippen LogP contribution in [0, 0.1) is 5.82 Å². The topological polar surface area (TPSA) is 55.5 Å². The van der Waals surface area contributed by atoms with E-state index in [1.807, 2.05) is 0 Å². The summed E-state index contributed by atoms with van der Waals surface area (Å²) in [7, 11) is 0. The van der Waals surface area contributed by atoms with E-state index >= 15 is 0 Å². The molecule has 1 atom stereocenters. The Bertz CT molecular complexity index is 354. The first-order valence-electron chi connectivity index (χ1n) is 4.54. The zero-order valence-electron chi connectivity index (χ0n) is 7.66. The Balaban J connectivity index is 2.57. The molecule has 3 nitrogen and oxygen atoms in total. The van der Waals surface area contributed by atoms with Crippen LogP contribution < -0.4 is 10.5 Å². The van der Waals surface area contributed by atoms with Crippen molar-refractivity contribution in [2.45, 2.75) is 19.1 Å². The van der Waals surface area contributed by atoms with Gasteiger partial charge in [0, 0.05) is 23.6 Å².